The molecule has 0 radical (unpaired) electrons. The maximum absolute atomic E-state index is 13.6. The van der Waals surface area contributed by atoms with Gasteiger partial charge in [0.05, 0.1) is 6.10 Å². The number of nitrogens with one attached hydrogen (secondary N) is 1. The Labute approximate surface area is 148 Å². The van der Waals surface area contributed by atoms with E-state index in [9.17, 15) is 14.0 Å². The molecule has 1 heterocycles. The smallest absolute Gasteiger partial charge is 0.286 e. The van der Waals surface area contributed by atoms with E-state index in [0.717, 1.165) is 0 Å². The number of nitrogens with two attached hydrogens (primary N) is 1. The zero-order chi connectivity index (χ0) is 18.8. The predicted molar refractivity (Wildman–Crippen MR) is 94.8 cm³/mol. The number of fused-ring (bicyclic) bond motifs is 1. The van der Waals surface area contributed by atoms with Crippen LogP contribution in [0.1, 0.15) is 34.8 Å². The second-order valence-corrected chi connectivity index (χ2v) is 5.96. The van der Waals surface area contributed by atoms with E-state index in [2.05, 4.69) is 5.32 Å². The molecule has 6 nitrogen and oxygen atoms in total. The van der Waals surface area contributed by atoms with Crippen molar-refractivity contribution in [3.05, 3.63) is 59.6 Å². The maximum atomic E-state index is 13.6. The van der Waals surface area contributed by atoms with Crippen LogP contribution in [0.15, 0.2) is 46.9 Å². The summed E-state index contributed by atoms with van der Waals surface area (Å²) in [7, 11) is 0. The number of carbonyl (C=O) groups excluding carboxylic acids is 2. The summed E-state index contributed by atoms with van der Waals surface area (Å²) in [4.78, 5) is 24.2. The van der Waals surface area contributed by atoms with E-state index in [0.29, 0.717) is 11.3 Å². The van der Waals surface area contributed by atoms with Crippen molar-refractivity contribution in [3.63, 3.8) is 0 Å². The fourth-order valence-electron chi connectivity index (χ4n) is 2.54. The Hall–Kier alpha value is -3.35. The molecule has 26 heavy (non-hydrogen) atoms. The molecule has 0 saturated carbocycles. The van der Waals surface area contributed by atoms with E-state index in [4.69, 9.17) is 14.9 Å². The van der Waals surface area contributed by atoms with Gasteiger partial charge in [-0.1, -0.05) is 6.07 Å². The van der Waals surface area contributed by atoms with Crippen LogP contribution in [0.3, 0.4) is 0 Å². The van der Waals surface area contributed by atoms with E-state index in [1.54, 1.807) is 24.3 Å². The van der Waals surface area contributed by atoms with E-state index in [-0.39, 0.29) is 28.5 Å². The molecule has 1 aromatic heterocycles. The predicted octanol–water partition coefficient (Wildman–Crippen LogP) is 3.71. The Kier molecular flexibility index (Phi) is 4.62. The number of primary amides is 1. The standard InChI is InChI=1S/C19H17FN2O4/c1-10(2)25-13-5-3-4-11(8-13)19(24)22-16-14-9-12(20)6-7-15(14)26-17(16)18(21)23/h3-10H,1-2H3,(H2,21,23)(H,22,24). The normalized spacial score (nSPS) is 10.9. The third-order valence-corrected chi connectivity index (χ3v) is 3.58. The number of benzene rings is 2. The van der Waals surface area contributed by atoms with Gasteiger partial charge in [0.1, 0.15) is 22.8 Å². The second-order valence-electron chi connectivity index (χ2n) is 5.96. The van der Waals surface area contributed by atoms with Crippen LogP contribution in [0.4, 0.5) is 10.1 Å². The van der Waals surface area contributed by atoms with Crippen molar-refractivity contribution in [2.45, 2.75) is 20.0 Å². The molecule has 0 aliphatic carbocycles. The zero-order valence-corrected chi connectivity index (χ0v) is 14.2. The van der Waals surface area contributed by atoms with Gasteiger partial charge in [-0.15, -0.1) is 0 Å². The average Bonchev–Trinajstić information content (AvgIpc) is 2.92. The van der Waals surface area contributed by atoms with Crippen LogP contribution in [-0.2, 0) is 0 Å². The number of ether oxygens (including phenoxy) is 1. The van der Waals surface area contributed by atoms with E-state index in [1.807, 2.05) is 13.8 Å². The van der Waals surface area contributed by atoms with Crippen LogP contribution in [-0.4, -0.2) is 17.9 Å². The van der Waals surface area contributed by atoms with Gasteiger partial charge in [0.15, 0.2) is 0 Å². The first-order chi connectivity index (χ1) is 12.3. The molecule has 0 fully saturated rings. The minimum Gasteiger partial charge on any atom is -0.491 e. The lowest BCUT2D eigenvalue weighted by atomic mass is 10.1. The summed E-state index contributed by atoms with van der Waals surface area (Å²) in [6.07, 6.45) is -0.0458. The molecule has 134 valence electrons. The van der Waals surface area contributed by atoms with Gasteiger partial charge in [0.2, 0.25) is 5.76 Å². The highest BCUT2D eigenvalue weighted by Gasteiger charge is 2.21. The molecule has 0 unspecified atom stereocenters. The molecule has 0 aliphatic heterocycles. The number of amides is 2. The van der Waals surface area contributed by atoms with Gasteiger partial charge >= 0.3 is 0 Å². The number of anilines is 1. The van der Waals surface area contributed by atoms with Gasteiger partial charge in [-0.25, -0.2) is 4.39 Å². The Balaban J connectivity index is 1.98. The molecule has 2 aromatic carbocycles. The van der Waals surface area contributed by atoms with E-state index in [1.165, 1.54) is 18.2 Å². The van der Waals surface area contributed by atoms with Crippen LogP contribution < -0.4 is 15.8 Å². The third-order valence-electron chi connectivity index (χ3n) is 3.58. The molecule has 0 aliphatic rings. The lowest BCUT2D eigenvalue weighted by Crippen LogP contribution is -2.17. The summed E-state index contributed by atoms with van der Waals surface area (Å²) in [6, 6.07) is 10.3. The molecule has 0 saturated heterocycles. The van der Waals surface area contributed by atoms with Crippen molar-refractivity contribution in [2.75, 3.05) is 5.32 Å². The summed E-state index contributed by atoms with van der Waals surface area (Å²) >= 11 is 0. The number of carbonyl (C=O) groups is 2. The van der Waals surface area contributed by atoms with Crippen molar-refractivity contribution >= 4 is 28.5 Å². The van der Waals surface area contributed by atoms with Gasteiger partial charge in [0, 0.05) is 10.9 Å². The first-order valence-electron chi connectivity index (χ1n) is 7.95. The van der Waals surface area contributed by atoms with Crippen molar-refractivity contribution in [3.8, 4) is 5.75 Å². The first-order valence-corrected chi connectivity index (χ1v) is 7.95. The van der Waals surface area contributed by atoms with Gasteiger partial charge in [0.25, 0.3) is 11.8 Å². The number of rotatable bonds is 5. The molecule has 2 amide bonds. The van der Waals surface area contributed by atoms with Crippen molar-refractivity contribution < 1.29 is 23.1 Å². The van der Waals surface area contributed by atoms with Crippen LogP contribution in [0.2, 0.25) is 0 Å². The molecule has 0 atom stereocenters. The minimum atomic E-state index is -0.867. The number of furan rings is 1. The van der Waals surface area contributed by atoms with Gasteiger partial charge in [-0.2, -0.15) is 0 Å². The highest BCUT2D eigenvalue weighted by Crippen LogP contribution is 2.32. The Bertz CT molecular complexity index is 994. The van der Waals surface area contributed by atoms with Crippen LogP contribution in [0, 0.1) is 5.82 Å². The van der Waals surface area contributed by atoms with Crippen molar-refractivity contribution in [1.29, 1.82) is 0 Å². The first kappa shape index (κ1) is 17.5. The highest BCUT2D eigenvalue weighted by atomic mass is 19.1. The lowest BCUT2D eigenvalue weighted by Gasteiger charge is -2.11. The van der Waals surface area contributed by atoms with Gasteiger partial charge in [-0.3, -0.25) is 9.59 Å². The second kappa shape index (κ2) is 6.87. The maximum Gasteiger partial charge on any atom is 0.286 e. The summed E-state index contributed by atoms with van der Waals surface area (Å²) in [5.74, 6) is -1.61. The Morgan fingerprint density at radius 1 is 1.19 bits per heavy atom. The minimum absolute atomic E-state index is 0.0344. The average molecular weight is 356 g/mol. The SMILES string of the molecule is CC(C)Oc1cccc(C(=O)Nc2c(C(N)=O)oc3ccc(F)cc23)c1. The molecule has 3 aromatic rings. The summed E-state index contributed by atoms with van der Waals surface area (Å²) < 4.78 is 24.5. The third kappa shape index (κ3) is 3.51. The topological polar surface area (TPSA) is 94.6 Å². The lowest BCUT2D eigenvalue weighted by molar-refractivity contribution is 0.0977. The molecule has 3 rings (SSSR count). The highest BCUT2D eigenvalue weighted by molar-refractivity contribution is 6.14. The van der Waals surface area contributed by atoms with E-state index >= 15 is 0 Å². The number of hydrogen-bond donors (Lipinski definition) is 2. The van der Waals surface area contributed by atoms with Crippen LogP contribution in [0.25, 0.3) is 11.0 Å². The van der Waals surface area contributed by atoms with Gasteiger partial charge in [-0.05, 0) is 50.2 Å². The molecule has 0 spiro atoms. The Morgan fingerprint density at radius 3 is 2.65 bits per heavy atom. The summed E-state index contributed by atoms with van der Waals surface area (Å²) in [5, 5.41) is 2.83. The largest absolute Gasteiger partial charge is 0.491 e. The number of hydrogen-bond acceptors (Lipinski definition) is 4. The van der Waals surface area contributed by atoms with Crippen LogP contribution >= 0.6 is 0 Å². The zero-order valence-electron chi connectivity index (χ0n) is 14.2. The number of halogens is 1. The van der Waals surface area contributed by atoms with Crippen molar-refractivity contribution in [2.24, 2.45) is 5.73 Å². The Morgan fingerprint density at radius 2 is 1.96 bits per heavy atom. The van der Waals surface area contributed by atoms with Gasteiger partial charge < -0.3 is 20.2 Å². The quantitative estimate of drug-likeness (QED) is 0.728. The molecular formula is C19H17FN2O4. The van der Waals surface area contributed by atoms with E-state index < -0.39 is 17.6 Å². The summed E-state index contributed by atoms with van der Waals surface area (Å²) in [6.45, 7) is 3.75. The monoisotopic (exact) mass is 356 g/mol. The molecular weight excluding hydrogens is 339 g/mol. The molecule has 3 N–H and O–H groups in total. The summed E-state index contributed by atoms with van der Waals surface area (Å²) in [5.41, 5.74) is 5.90. The fraction of sp³-hybridized carbons (Fsp3) is 0.158. The van der Waals surface area contributed by atoms with Crippen LogP contribution in [0.5, 0.6) is 5.75 Å². The van der Waals surface area contributed by atoms with Crippen molar-refractivity contribution in [1.82, 2.24) is 0 Å². The molecule has 7 heteroatoms. The molecule has 0 bridgehead atoms. The fourth-order valence-corrected chi connectivity index (χ4v) is 2.54.